The molecule has 0 aliphatic heterocycles. The Hall–Kier alpha value is 0.0700. The summed E-state index contributed by atoms with van der Waals surface area (Å²) in [6, 6.07) is 0. The SMILES string of the molecule is CCCC(CBr)(CCC)CN(C)Cc1csc(C)n1. The summed E-state index contributed by atoms with van der Waals surface area (Å²) in [6.07, 6.45) is 5.11. The molecular formula is C15H27BrN2S. The molecule has 0 aliphatic carbocycles. The van der Waals surface area contributed by atoms with Crippen molar-refractivity contribution in [3.63, 3.8) is 0 Å². The van der Waals surface area contributed by atoms with Gasteiger partial charge in [0.1, 0.15) is 0 Å². The maximum Gasteiger partial charge on any atom is 0.0897 e. The van der Waals surface area contributed by atoms with Crippen molar-refractivity contribution in [3.8, 4) is 0 Å². The van der Waals surface area contributed by atoms with E-state index < -0.39 is 0 Å². The molecule has 110 valence electrons. The Morgan fingerprint density at radius 1 is 1.32 bits per heavy atom. The van der Waals surface area contributed by atoms with Gasteiger partial charge in [0.05, 0.1) is 10.7 Å². The summed E-state index contributed by atoms with van der Waals surface area (Å²) in [4.78, 5) is 7.00. The molecule has 0 aliphatic rings. The first kappa shape index (κ1) is 17.1. The molecule has 0 unspecified atom stereocenters. The van der Waals surface area contributed by atoms with Gasteiger partial charge in [-0.25, -0.2) is 4.98 Å². The Bertz CT molecular complexity index is 359. The number of hydrogen-bond donors (Lipinski definition) is 0. The molecule has 1 aromatic rings. The molecule has 0 spiro atoms. The summed E-state index contributed by atoms with van der Waals surface area (Å²) in [6.45, 7) is 8.77. The lowest BCUT2D eigenvalue weighted by atomic mass is 9.81. The number of hydrogen-bond acceptors (Lipinski definition) is 3. The van der Waals surface area contributed by atoms with Crippen molar-refractivity contribution >= 4 is 27.3 Å². The van der Waals surface area contributed by atoms with E-state index in [1.165, 1.54) is 31.4 Å². The lowest BCUT2D eigenvalue weighted by molar-refractivity contribution is 0.165. The molecule has 0 saturated carbocycles. The van der Waals surface area contributed by atoms with E-state index in [-0.39, 0.29) is 0 Å². The van der Waals surface area contributed by atoms with Crippen molar-refractivity contribution in [1.29, 1.82) is 0 Å². The Balaban J connectivity index is 2.61. The van der Waals surface area contributed by atoms with Crippen LogP contribution < -0.4 is 0 Å². The smallest absolute Gasteiger partial charge is 0.0897 e. The van der Waals surface area contributed by atoms with Gasteiger partial charge in [-0.2, -0.15) is 0 Å². The number of alkyl halides is 1. The zero-order valence-electron chi connectivity index (χ0n) is 12.7. The number of aromatic nitrogens is 1. The van der Waals surface area contributed by atoms with E-state index in [0.29, 0.717) is 5.41 Å². The van der Waals surface area contributed by atoms with Crippen LogP contribution in [0, 0.1) is 12.3 Å². The number of halogens is 1. The van der Waals surface area contributed by atoms with Crippen LogP contribution in [-0.4, -0.2) is 28.8 Å². The number of nitrogens with zero attached hydrogens (tertiary/aromatic N) is 2. The van der Waals surface area contributed by atoms with E-state index in [2.05, 4.69) is 59.0 Å². The highest BCUT2D eigenvalue weighted by atomic mass is 79.9. The molecule has 0 fully saturated rings. The van der Waals surface area contributed by atoms with Gasteiger partial charge in [-0.3, -0.25) is 4.90 Å². The Morgan fingerprint density at radius 2 is 1.95 bits per heavy atom. The van der Waals surface area contributed by atoms with Crippen molar-refractivity contribution in [1.82, 2.24) is 9.88 Å². The van der Waals surface area contributed by atoms with E-state index in [1.54, 1.807) is 11.3 Å². The quantitative estimate of drug-likeness (QED) is 0.593. The van der Waals surface area contributed by atoms with Crippen LogP contribution in [0.2, 0.25) is 0 Å². The number of aryl methyl sites for hydroxylation is 1. The van der Waals surface area contributed by atoms with Gasteiger partial charge in [0, 0.05) is 23.8 Å². The van der Waals surface area contributed by atoms with Crippen LogP contribution in [-0.2, 0) is 6.54 Å². The minimum Gasteiger partial charge on any atom is -0.300 e. The van der Waals surface area contributed by atoms with Crippen LogP contribution in [0.15, 0.2) is 5.38 Å². The van der Waals surface area contributed by atoms with Crippen molar-refractivity contribution in [3.05, 3.63) is 16.1 Å². The molecule has 0 atom stereocenters. The molecule has 0 aromatic carbocycles. The average Bonchev–Trinajstić information content (AvgIpc) is 2.75. The normalized spacial score (nSPS) is 12.3. The third-order valence-electron chi connectivity index (χ3n) is 3.55. The molecule has 4 heteroatoms. The van der Waals surface area contributed by atoms with Gasteiger partial charge in [-0.1, -0.05) is 42.6 Å². The van der Waals surface area contributed by atoms with Gasteiger partial charge in [-0.15, -0.1) is 11.3 Å². The summed E-state index contributed by atoms with van der Waals surface area (Å²) in [5, 5.41) is 4.45. The van der Waals surface area contributed by atoms with Crippen LogP contribution in [0.4, 0.5) is 0 Å². The molecule has 0 amide bonds. The summed E-state index contributed by atoms with van der Waals surface area (Å²) in [7, 11) is 2.22. The Morgan fingerprint density at radius 3 is 2.37 bits per heavy atom. The van der Waals surface area contributed by atoms with Gasteiger partial charge in [0.2, 0.25) is 0 Å². The summed E-state index contributed by atoms with van der Waals surface area (Å²) in [5.41, 5.74) is 1.63. The zero-order valence-corrected chi connectivity index (χ0v) is 15.1. The first-order valence-electron chi connectivity index (χ1n) is 7.20. The number of rotatable bonds is 9. The molecule has 1 aromatic heterocycles. The summed E-state index contributed by atoms with van der Waals surface area (Å²) < 4.78 is 0. The molecule has 1 heterocycles. The Kier molecular flexibility index (Phi) is 7.55. The second kappa shape index (κ2) is 8.38. The maximum atomic E-state index is 4.56. The van der Waals surface area contributed by atoms with E-state index >= 15 is 0 Å². The third kappa shape index (κ3) is 5.52. The molecule has 0 radical (unpaired) electrons. The number of thiazole rings is 1. The van der Waals surface area contributed by atoms with Crippen molar-refractivity contribution < 1.29 is 0 Å². The first-order valence-corrected chi connectivity index (χ1v) is 9.21. The van der Waals surface area contributed by atoms with Gasteiger partial charge in [-0.05, 0) is 32.2 Å². The lowest BCUT2D eigenvalue weighted by Crippen LogP contribution is -2.36. The summed E-state index contributed by atoms with van der Waals surface area (Å²) >= 11 is 5.50. The molecule has 19 heavy (non-hydrogen) atoms. The largest absolute Gasteiger partial charge is 0.300 e. The molecule has 2 nitrogen and oxygen atoms in total. The van der Waals surface area contributed by atoms with Gasteiger partial charge in [0.25, 0.3) is 0 Å². The van der Waals surface area contributed by atoms with Crippen LogP contribution >= 0.6 is 27.3 Å². The fourth-order valence-corrected chi connectivity index (χ4v) is 4.25. The summed E-state index contributed by atoms with van der Waals surface area (Å²) in [5.74, 6) is 0. The second-order valence-corrected chi connectivity index (χ2v) is 7.29. The predicted molar refractivity (Wildman–Crippen MR) is 89.2 cm³/mol. The van der Waals surface area contributed by atoms with Crippen LogP contribution in [0.5, 0.6) is 0 Å². The molecule has 0 saturated heterocycles. The van der Waals surface area contributed by atoms with Gasteiger partial charge >= 0.3 is 0 Å². The van der Waals surface area contributed by atoms with Crippen LogP contribution in [0.25, 0.3) is 0 Å². The first-order chi connectivity index (χ1) is 9.05. The molecule has 1 rings (SSSR count). The molecular weight excluding hydrogens is 320 g/mol. The van der Waals surface area contributed by atoms with Crippen LogP contribution in [0.3, 0.4) is 0 Å². The standard InChI is InChI=1S/C15H27BrN2S/c1-5-7-15(11-16,8-6-2)12-18(4)9-14-10-19-13(3)17-14/h10H,5-9,11-12H2,1-4H3. The fourth-order valence-electron chi connectivity index (χ4n) is 2.91. The topological polar surface area (TPSA) is 16.1 Å². The third-order valence-corrected chi connectivity index (χ3v) is 5.56. The van der Waals surface area contributed by atoms with Crippen molar-refractivity contribution in [2.24, 2.45) is 5.41 Å². The highest BCUT2D eigenvalue weighted by Crippen LogP contribution is 2.33. The van der Waals surface area contributed by atoms with Crippen LogP contribution in [0.1, 0.15) is 50.2 Å². The van der Waals surface area contributed by atoms with Crippen molar-refractivity contribution in [2.45, 2.75) is 53.0 Å². The average molecular weight is 347 g/mol. The van der Waals surface area contributed by atoms with E-state index in [4.69, 9.17) is 0 Å². The maximum absolute atomic E-state index is 4.56. The van der Waals surface area contributed by atoms with Gasteiger partial charge in [0.15, 0.2) is 0 Å². The molecule has 0 bridgehead atoms. The second-order valence-electron chi connectivity index (χ2n) is 5.66. The minimum atomic E-state index is 0.420. The monoisotopic (exact) mass is 346 g/mol. The van der Waals surface area contributed by atoms with E-state index in [1.807, 2.05) is 0 Å². The zero-order chi connectivity index (χ0) is 14.3. The minimum absolute atomic E-state index is 0.420. The van der Waals surface area contributed by atoms with E-state index in [9.17, 15) is 0 Å². The van der Waals surface area contributed by atoms with Crippen molar-refractivity contribution in [2.75, 3.05) is 18.9 Å². The molecule has 0 N–H and O–H groups in total. The van der Waals surface area contributed by atoms with Gasteiger partial charge < -0.3 is 0 Å². The predicted octanol–water partition coefficient (Wildman–Crippen LogP) is 4.86. The lowest BCUT2D eigenvalue weighted by Gasteiger charge is -2.35. The fraction of sp³-hybridized carbons (Fsp3) is 0.800. The highest BCUT2D eigenvalue weighted by Gasteiger charge is 2.28. The van der Waals surface area contributed by atoms with E-state index in [0.717, 1.165) is 23.4 Å². The highest BCUT2D eigenvalue weighted by molar-refractivity contribution is 9.09. The Labute approximate surface area is 130 Å².